The molecule has 1 fully saturated rings. The van der Waals surface area contributed by atoms with Gasteiger partial charge in [-0.05, 0) is 25.0 Å². The molecule has 0 saturated heterocycles. The quantitative estimate of drug-likeness (QED) is 0.670. The van der Waals surface area contributed by atoms with Crippen LogP contribution in [0.2, 0.25) is 0 Å². The monoisotopic (exact) mass is 402 g/mol. The zero-order valence-electron chi connectivity index (χ0n) is 15.2. The van der Waals surface area contributed by atoms with Gasteiger partial charge >= 0.3 is 0 Å². The van der Waals surface area contributed by atoms with Gasteiger partial charge < -0.3 is 15.2 Å². The number of carbonyl (C=O) groups is 1. The van der Waals surface area contributed by atoms with Gasteiger partial charge in [0.2, 0.25) is 0 Å². The van der Waals surface area contributed by atoms with Crippen LogP contribution in [0.5, 0.6) is 0 Å². The minimum absolute atomic E-state index is 0.0509. The van der Waals surface area contributed by atoms with E-state index in [-0.39, 0.29) is 12.5 Å². The van der Waals surface area contributed by atoms with E-state index in [1.54, 1.807) is 4.90 Å². The lowest BCUT2D eigenvalue weighted by Crippen LogP contribution is -2.35. The van der Waals surface area contributed by atoms with Gasteiger partial charge in [-0.3, -0.25) is 4.79 Å². The van der Waals surface area contributed by atoms with Crippen molar-refractivity contribution in [2.75, 3.05) is 18.4 Å². The van der Waals surface area contributed by atoms with Crippen molar-refractivity contribution in [1.82, 2.24) is 14.9 Å². The Morgan fingerprint density at radius 1 is 1.36 bits per heavy atom. The lowest BCUT2D eigenvalue weighted by atomic mass is 10.1. The number of rotatable bonds is 5. The Labute approximate surface area is 164 Å². The number of aromatic nitrogens is 2. The number of nitrogens with one attached hydrogen (secondary N) is 2. The molecule has 2 N–H and O–H groups in total. The lowest BCUT2D eigenvalue weighted by molar-refractivity contribution is -0.00817. The number of nitrogens with zero attached hydrogens (tertiary/aromatic N) is 2. The summed E-state index contributed by atoms with van der Waals surface area (Å²) in [5, 5.41) is 4.33. The van der Waals surface area contributed by atoms with Crippen LogP contribution in [0.25, 0.3) is 10.9 Å². The minimum Gasteiger partial charge on any atom is -0.355 e. The van der Waals surface area contributed by atoms with Crippen LogP contribution >= 0.6 is 11.3 Å². The maximum Gasteiger partial charge on any atom is 0.270 e. The molecule has 0 atom stereocenters. The molecule has 3 aromatic rings. The van der Waals surface area contributed by atoms with E-state index in [1.807, 2.05) is 30.3 Å². The van der Waals surface area contributed by atoms with E-state index >= 15 is 0 Å². The minimum atomic E-state index is -2.68. The van der Waals surface area contributed by atoms with E-state index in [2.05, 4.69) is 15.3 Å². The van der Waals surface area contributed by atoms with Crippen molar-refractivity contribution < 1.29 is 13.6 Å². The second-order valence-corrected chi connectivity index (χ2v) is 8.61. The number of alkyl halides is 2. The van der Waals surface area contributed by atoms with Gasteiger partial charge in [-0.2, -0.15) is 0 Å². The number of carbonyl (C=O) groups excluding carboxylic acids is 1. The first-order valence-corrected chi connectivity index (χ1v) is 10.3. The van der Waals surface area contributed by atoms with Crippen molar-refractivity contribution >= 4 is 33.3 Å². The number of hydrogen-bond acceptors (Lipinski definition) is 4. The number of fused-ring (bicyclic) bond motifs is 2. The Hall–Kier alpha value is -2.48. The second kappa shape index (κ2) is 6.55. The highest BCUT2D eigenvalue weighted by molar-refractivity contribution is 7.15. The van der Waals surface area contributed by atoms with Crippen molar-refractivity contribution in [3.05, 3.63) is 46.6 Å². The molecule has 0 unspecified atom stereocenters. The Balaban J connectivity index is 1.28. The van der Waals surface area contributed by atoms with Crippen molar-refractivity contribution in [2.24, 2.45) is 5.92 Å². The Bertz CT molecular complexity index is 1010. The summed E-state index contributed by atoms with van der Waals surface area (Å²) >= 11 is 1.37. The van der Waals surface area contributed by atoms with E-state index in [1.165, 1.54) is 11.3 Å². The van der Waals surface area contributed by atoms with Gasteiger partial charge in [-0.15, -0.1) is 0 Å². The first-order valence-electron chi connectivity index (χ1n) is 9.47. The molecule has 2 aliphatic rings. The van der Waals surface area contributed by atoms with Gasteiger partial charge in [0.15, 0.2) is 5.13 Å². The molecule has 3 heterocycles. The number of H-pyrrole nitrogens is 1. The van der Waals surface area contributed by atoms with Crippen LogP contribution in [0.4, 0.5) is 13.9 Å². The average molecular weight is 402 g/mol. The third-order valence-corrected chi connectivity index (χ3v) is 6.47. The molecule has 1 aromatic carbocycles. The molecule has 1 saturated carbocycles. The standard InChI is InChI=1S/C20H20F2N4OS/c21-20(22,13-5-6-13)11-23-19-25-15-7-8-26(10-17(15)28-19)18(27)16-9-12-3-1-2-4-14(12)24-16/h1-4,9,13,24H,5-8,10-11H2,(H,23,25). The zero-order valence-corrected chi connectivity index (χ0v) is 16.0. The molecule has 1 amide bonds. The van der Waals surface area contributed by atoms with E-state index in [9.17, 15) is 13.6 Å². The highest BCUT2D eigenvalue weighted by atomic mass is 32.1. The second-order valence-electron chi connectivity index (χ2n) is 7.52. The fourth-order valence-corrected chi connectivity index (χ4v) is 4.67. The fraction of sp³-hybridized carbons (Fsp3) is 0.400. The molecule has 1 aliphatic heterocycles. The number of para-hydroxylation sites is 1. The summed E-state index contributed by atoms with van der Waals surface area (Å²) in [4.78, 5) is 23.3. The van der Waals surface area contributed by atoms with Crippen LogP contribution in [-0.2, 0) is 13.0 Å². The molecular formula is C20H20F2N4OS. The number of benzene rings is 1. The third-order valence-electron chi connectivity index (χ3n) is 5.43. The van der Waals surface area contributed by atoms with Crippen LogP contribution in [0.15, 0.2) is 30.3 Å². The molecule has 146 valence electrons. The Morgan fingerprint density at radius 2 is 2.18 bits per heavy atom. The first-order chi connectivity index (χ1) is 13.5. The molecular weight excluding hydrogens is 382 g/mol. The van der Waals surface area contributed by atoms with Gasteiger partial charge in [0.25, 0.3) is 11.8 Å². The van der Waals surface area contributed by atoms with Crippen LogP contribution in [-0.4, -0.2) is 39.8 Å². The summed E-state index contributed by atoms with van der Waals surface area (Å²) in [5.41, 5.74) is 2.41. The van der Waals surface area contributed by atoms with Crippen LogP contribution in [0.3, 0.4) is 0 Å². The highest BCUT2D eigenvalue weighted by Crippen LogP contribution is 2.43. The number of amides is 1. The molecule has 0 bridgehead atoms. The van der Waals surface area contributed by atoms with E-state index in [0.29, 0.717) is 43.2 Å². The maximum atomic E-state index is 13.9. The Morgan fingerprint density at radius 3 is 2.96 bits per heavy atom. The topological polar surface area (TPSA) is 61.0 Å². The molecule has 8 heteroatoms. The lowest BCUT2D eigenvalue weighted by Gasteiger charge is -2.25. The smallest absolute Gasteiger partial charge is 0.270 e. The average Bonchev–Trinajstić information content (AvgIpc) is 3.35. The van der Waals surface area contributed by atoms with E-state index < -0.39 is 11.8 Å². The van der Waals surface area contributed by atoms with Crippen molar-refractivity contribution in [3.8, 4) is 0 Å². The molecule has 2 aromatic heterocycles. The van der Waals surface area contributed by atoms with Crippen molar-refractivity contribution in [3.63, 3.8) is 0 Å². The normalized spacial score (nSPS) is 17.0. The molecule has 0 radical (unpaired) electrons. The number of thiazole rings is 1. The first kappa shape index (κ1) is 17.6. The van der Waals surface area contributed by atoms with E-state index in [0.717, 1.165) is 21.5 Å². The van der Waals surface area contributed by atoms with Gasteiger partial charge in [0.05, 0.1) is 18.8 Å². The van der Waals surface area contributed by atoms with Crippen molar-refractivity contribution in [1.29, 1.82) is 0 Å². The van der Waals surface area contributed by atoms with Crippen LogP contribution in [0, 0.1) is 5.92 Å². The number of halogens is 2. The summed E-state index contributed by atoms with van der Waals surface area (Å²) in [6.07, 6.45) is 1.85. The third kappa shape index (κ3) is 3.26. The van der Waals surface area contributed by atoms with Crippen LogP contribution < -0.4 is 5.32 Å². The molecule has 5 rings (SSSR count). The summed E-state index contributed by atoms with van der Waals surface area (Å²) in [5.74, 6) is -3.21. The number of hydrogen-bond donors (Lipinski definition) is 2. The summed E-state index contributed by atoms with van der Waals surface area (Å²) in [7, 11) is 0. The summed E-state index contributed by atoms with van der Waals surface area (Å²) < 4.78 is 27.8. The number of aromatic amines is 1. The SMILES string of the molecule is O=C(c1cc2ccccc2[nH]1)N1CCc2nc(NCC(F)(F)C3CC3)sc2C1. The fourth-order valence-electron chi connectivity index (χ4n) is 3.65. The summed E-state index contributed by atoms with van der Waals surface area (Å²) in [6, 6.07) is 9.65. The van der Waals surface area contributed by atoms with E-state index in [4.69, 9.17) is 0 Å². The largest absolute Gasteiger partial charge is 0.355 e. The van der Waals surface area contributed by atoms with Crippen LogP contribution in [0.1, 0.15) is 33.9 Å². The summed E-state index contributed by atoms with van der Waals surface area (Å²) in [6.45, 7) is 0.659. The predicted octanol–water partition coefficient (Wildman–Crippen LogP) is 4.28. The molecule has 1 aliphatic carbocycles. The zero-order chi connectivity index (χ0) is 19.3. The van der Waals surface area contributed by atoms with Gasteiger partial charge in [0.1, 0.15) is 5.69 Å². The molecule has 0 spiro atoms. The number of anilines is 1. The van der Waals surface area contributed by atoms with Crippen molar-refractivity contribution in [2.45, 2.75) is 31.7 Å². The molecule has 5 nitrogen and oxygen atoms in total. The Kier molecular flexibility index (Phi) is 4.12. The van der Waals surface area contributed by atoms with Gasteiger partial charge in [-0.25, -0.2) is 13.8 Å². The molecule has 28 heavy (non-hydrogen) atoms. The van der Waals surface area contributed by atoms with Gasteiger partial charge in [0, 0.05) is 34.7 Å². The predicted molar refractivity (Wildman–Crippen MR) is 105 cm³/mol. The maximum absolute atomic E-state index is 13.9. The van der Waals surface area contributed by atoms with Gasteiger partial charge in [-0.1, -0.05) is 29.5 Å². The highest BCUT2D eigenvalue weighted by Gasteiger charge is 2.46.